The molecule has 27 heavy (non-hydrogen) atoms. The summed E-state index contributed by atoms with van der Waals surface area (Å²) < 4.78 is 16.7. The van der Waals surface area contributed by atoms with Crippen molar-refractivity contribution in [3.8, 4) is 11.5 Å². The number of fused-ring (bicyclic) bond motifs is 3. The van der Waals surface area contributed by atoms with Crippen LogP contribution in [0.1, 0.15) is 29.7 Å². The third-order valence-corrected chi connectivity index (χ3v) is 4.96. The molecule has 0 saturated carbocycles. The van der Waals surface area contributed by atoms with E-state index in [0.29, 0.717) is 11.5 Å². The van der Waals surface area contributed by atoms with Gasteiger partial charge in [-0.3, -0.25) is 5.32 Å². The Morgan fingerprint density at radius 2 is 1.89 bits per heavy atom. The fourth-order valence-corrected chi connectivity index (χ4v) is 3.68. The van der Waals surface area contributed by atoms with Crippen LogP contribution in [0.3, 0.4) is 0 Å². The number of aryl methyl sites for hydroxylation is 1. The molecule has 0 saturated heterocycles. The molecular weight excluding hydrogens is 342 g/mol. The van der Waals surface area contributed by atoms with Crippen LogP contribution in [0, 0.1) is 0 Å². The Morgan fingerprint density at radius 3 is 2.63 bits per heavy atom. The van der Waals surface area contributed by atoms with Gasteiger partial charge in [-0.2, -0.15) is 0 Å². The molecule has 5 nitrogen and oxygen atoms in total. The molecule has 0 bridgehead atoms. The van der Waals surface area contributed by atoms with Gasteiger partial charge in [0.15, 0.2) is 17.6 Å². The van der Waals surface area contributed by atoms with Gasteiger partial charge in [0.25, 0.3) is 0 Å². The highest BCUT2D eigenvalue weighted by Crippen LogP contribution is 2.43. The van der Waals surface area contributed by atoms with Gasteiger partial charge in [-0.25, -0.2) is 4.79 Å². The third-order valence-electron chi connectivity index (χ3n) is 4.96. The molecule has 1 unspecified atom stereocenters. The number of nitrogens with one attached hydrogen (secondary N) is 1. The molecule has 0 radical (unpaired) electrons. The largest absolute Gasteiger partial charge is 0.493 e. The standard InChI is InChI=1S/C22H21NO4/c1-4-13-11-15(12-18(25-2)21(13)26-3)20-17-10-9-14-7-5-6-8-16(14)19(17)23-22(24)27-20/h5-12,20H,4H2,1-3H3,(H,23,24). The second-order valence-electron chi connectivity index (χ2n) is 6.43. The Bertz CT molecular complexity index is 1000. The van der Waals surface area contributed by atoms with E-state index in [-0.39, 0.29) is 0 Å². The van der Waals surface area contributed by atoms with Crippen molar-refractivity contribution in [2.45, 2.75) is 19.4 Å². The van der Waals surface area contributed by atoms with Crippen LogP contribution >= 0.6 is 0 Å². The number of hydrogen-bond acceptors (Lipinski definition) is 4. The van der Waals surface area contributed by atoms with Crippen LogP contribution in [-0.4, -0.2) is 20.3 Å². The minimum atomic E-state index is -0.511. The average Bonchev–Trinajstić information content (AvgIpc) is 2.71. The first-order chi connectivity index (χ1) is 13.2. The number of anilines is 1. The highest BCUT2D eigenvalue weighted by Gasteiger charge is 2.30. The molecular formula is C22H21NO4. The zero-order valence-electron chi connectivity index (χ0n) is 15.5. The van der Waals surface area contributed by atoms with E-state index in [1.165, 1.54) is 0 Å². The second-order valence-corrected chi connectivity index (χ2v) is 6.43. The van der Waals surface area contributed by atoms with Gasteiger partial charge in [-0.1, -0.05) is 43.3 Å². The van der Waals surface area contributed by atoms with Crippen molar-refractivity contribution < 1.29 is 19.0 Å². The Balaban J connectivity index is 1.91. The van der Waals surface area contributed by atoms with E-state index in [0.717, 1.165) is 39.6 Å². The summed E-state index contributed by atoms with van der Waals surface area (Å²) in [6, 6.07) is 15.9. The predicted molar refractivity (Wildman–Crippen MR) is 105 cm³/mol. The van der Waals surface area contributed by atoms with Gasteiger partial charge in [-0.15, -0.1) is 0 Å². The van der Waals surface area contributed by atoms with Gasteiger partial charge in [-0.05, 0) is 29.5 Å². The Labute approximate surface area is 157 Å². The van der Waals surface area contributed by atoms with Crippen LogP contribution < -0.4 is 14.8 Å². The lowest BCUT2D eigenvalue weighted by atomic mass is 9.93. The maximum atomic E-state index is 12.3. The molecule has 138 valence electrons. The summed E-state index contributed by atoms with van der Waals surface area (Å²) in [5.74, 6) is 1.34. The molecule has 1 heterocycles. The molecule has 1 N–H and O–H groups in total. The van der Waals surface area contributed by atoms with Crippen LogP contribution in [0.5, 0.6) is 11.5 Å². The number of benzene rings is 3. The van der Waals surface area contributed by atoms with E-state index in [9.17, 15) is 4.79 Å². The fourth-order valence-electron chi connectivity index (χ4n) is 3.68. The van der Waals surface area contributed by atoms with Gasteiger partial charge in [0.05, 0.1) is 19.9 Å². The molecule has 0 spiro atoms. The third kappa shape index (κ3) is 2.85. The Morgan fingerprint density at radius 1 is 1.07 bits per heavy atom. The van der Waals surface area contributed by atoms with Crippen molar-refractivity contribution in [1.82, 2.24) is 0 Å². The Kier molecular flexibility index (Phi) is 4.36. The van der Waals surface area contributed by atoms with Gasteiger partial charge >= 0.3 is 6.09 Å². The van der Waals surface area contributed by atoms with Gasteiger partial charge in [0, 0.05) is 16.5 Å². The quantitative estimate of drug-likeness (QED) is 0.703. The summed E-state index contributed by atoms with van der Waals surface area (Å²) in [5, 5.41) is 4.93. The smallest absolute Gasteiger partial charge is 0.412 e. The van der Waals surface area contributed by atoms with E-state index < -0.39 is 12.2 Å². The summed E-state index contributed by atoms with van der Waals surface area (Å²) in [6.45, 7) is 2.05. The minimum absolute atomic E-state index is 0.461. The van der Waals surface area contributed by atoms with Crippen LogP contribution in [0.4, 0.5) is 10.5 Å². The van der Waals surface area contributed by atoms with E-state index >= 15 is 0 Å². The topological polar surface area (TPSA) is 56.8 Å². The zero-order valence-corrected chi connectivity index (χ0v) is 15.5. The first-order valence-corrected chi connectivity index (χ1v) is 8.90. The summed E-state index contributed by atoms with van der Waals surface area (Å²) >= 11 is 0. The maximum absolute atomic E-state index is 12.3. The normalized spacial score (nSPS) is 15.7. The van der Waals surface area contributed by atoms with Crippen molar-refractivity contribution in [2.24, 2.45) is 0 Å². The average molecular weight is 363 g/mol. The van der Waals surface area contributed by atoms with Crippen LogP contribution in [0.15, 0.2) is 48.5 Å². The fraction of sp³-hybridized carbons (Fsp3) is 0.227. The number of methoxy groups -OCH3 is 2. The molecule has 0 aromatic heterocycles. The predicted octanol–water partition coefficient (Wildman–Crippen LogP) is 5.07. The number of amides is 1. The van der Waals surface area contributed by atoms with Gasteiger partial charge in [0.2, 0.25) is 0 Å². The van der Waals surface area contributed by atoms with Gasteiger partial charge in [0.1, 0.15) is 0 Å². The van der Waals surface area contributed by atoms with E-state index in [1.54, 1.807) is 14.2 Å². The summed E-state index contributed by atoms with van der Waals surface area (Å²) in [6.07, 6.45) is -0.197. The number of cyclic esters (lactones) is 1. The lowest BCUT2D eigenvalue weighted by molar-refractivity contribution is 0.126. The SMILES string of the molecule is CCc1cc(C2OC(=O)Nc3c2ccc2ccccc32)cc(OC)c1OC. The molecule has 1 atom stereocenters. The number of carbonyl (C=O) groups is 1. The highest BCUT2D eigenvalue weighted by atomic mass is 16.6. The molecule has 3 aromatic rings. The highest BCUT2D eigenvalue weighted by molar-refractivity contribution is 6.03. The summed E-state index contributed by atoms with van der Waals surface area (Å²) in [7, 11) is 3.24. The summed E-state index contributed by atoms with van der Waals surface area (Å²) in [4.78, 5) is 12.3. The summed E-state index contributed by atoms with van der Waals surface area (Å²) in [5.41, 5.74) is 3.57. The molecule has 0 aliphatic carbocycles. The minimum Gasteiger partial charge on any atom is -0.493 e. The number of hydrogen-bond donors (Lipinski definition) is 1. The van der Waals surface area contributed by atoms with Crippen molar-refractivity contribution in [1.29, 1.82) is 0 Å². The molecule has 0 fully saturated rings. The van der Waals surface area contributed by atoms with Gasteiger partial charge < -0.3 is 14.2 Å². The lowest BCUT2D eigenvalue weighted by Crippen LogP contribution is -2.25. The second kappa shape index (κ2) is 6.83. The Hall–Kier alpha value is -3.21. The van der Waals surface area contributed by atoms with Crippen molar-refractivity contribution >= 4 is 22.6 Å². The van der Waals surface area contributed by atoms with Crippen LogP contribution in [-0.2, 0) is 11.2 Å². The molecule has 5 heteroatoms. The van der Waals surface area contributed by atoms with E-state index in [4.69, 9.17) is 14.2 Å². The number of rotatable bonds is 4. The maximum Gasteiger partial charge on any atom is 0.412 e. The first-order valence-electron chi connectivity index (χ1n) is 8.90. The van der Waals surface area contributed by atoms with Crippen LogP contribution in [0.25, 0.3) is 10.8 Å². The molecule has 3 aromatic carbocycles. The van der Waals surface area contributed by atoms with E-state index in [1.807, 2.05) is 48.5 Å². The molecule has 1 aliphatic rings. The van der Waals surface area contributed by atoms with Crippen molar-refractivity contribution in [3.63, 3.8) is 0 Å². The van der Waals surface area contributed by atoms with E-state index in [2.05, 4.69) is 12.2 Å². The lowest BCUT2D eigenvalue weighted by Gasteiger charge is -2.28. The number of ether oxygens (including phenoxy) is 3. The van der Waals surface area contributed by atoms with Crippen molar-refractivity contribution in [2.75, 3.05) is 19.5 Å². The monoisotopic (exact) mass is 363 g/mol. The first kappa shape index (κ1) is 17.2. The molecule has 4 rings (SSSR count). The van der Waals surface area contributed by atoms with Crippen LogP contribution in [0.2, 0.25) is 0 Å². The number of carbonyl (C=O) groups excluding carboxylic acids is 1. The zero-order chi connectivity index (χ0) is 19.0. The van der Waals surface area contributed by atoms with Crippen molar-refractivity contribution in [3.05, 3.63) is 65.2 Å². The molecule has 1 aliphatic heterocycles. The molecule has 1 amide bonds.